The van der Waals surface area contributed by atoms with Crippen molar-refractivity contribution in [2.45, 2.75) is 19.1 Å². The van der Waals surface area contributed by atoms with Gasteiger partial charge in [0.2, 0.25) is 5.91 Å². The molecule has 26 heavy (non-hydrogen) atoms. The average Bonchev–Trinajstić information content (AvgIpc) is 2.61. The van der Waals surface area contributed by atoms with Crippen molar-refractivity contribution in [3.63, 3.8) is 0 Å². The highest BCUT2D eigenvalue weighted by molar-refractivity contribution is 5.95. The molecule has 0 saturated heterocycles. The van der Waals surface area contributed by atoms with E-state index in [2.05, 4.69) is 5.32 Å². The highest BCUT2D eigenvalue weighted by Crippen LogP contribution is 2.34. The zero-order valence-electron chi connectivity index (χ0n) is 14.6. The Hall–Kier alpha value is -2.54. The molecule has 1 atom stereocenters. The van der Waals surface area contributed by atoms with E-state index in [9.17, 15) is 18.0 Å². The fourth-order valence-electron chi connectivity index (χ4n) is 2.29. The molecular formula is C19H21F3N2O2. The Bertz CT molecular complexity index is 720. The first-order valence-corrected chi connectivity index (χ1v) is 8.14. The van der Waals surface area contributed by atoms with Crippen LogP contribution < -0.4 is 10.1 Å². The lowest BCUT2D eigenvalue weighted by molar-refractivity contribution is -0.137. The topological polar surface area (TPSA) is 41.6 Å². The summed E-state index contributed by atoms with van der Waals surface area (Å²) in [5.74, 6) is 0.209. The lowest BCUT2D eigenvalue weighted by Gasteiger charge is -2.24. The molecule has 7 heteroatoms. The summed E-state index contributed by atoms with van der Waals surface area (Å²) >= 11 is 0. The number of alkyl halides is 3. The Kier molecular flexibility index (Phi) is 6.63. The van der Waals surface area contributed by atoms with E-state index in [1.165, 1.54) is 18.2 Å². The molecule has 0 heterocycles. The van der Waals surface area contributed by atoms with E-state index in [0.29, 0.717) is 13.2 Å². The van der Waals surface area contributed by atoms with E-state index in [0.717, 1.165) is 11.8 Å². The van der Waals surface area contributed by atoms with Gasteiger partial charge in [-0.05, 0) is 38.2 Å². The van der Waals surface area contributed by atoms with Crippen molar-refractivity contribution in [1.82, 2.24) is 4.90 Å². The van der Waals surface area contributed by atoms with Crippen LogP contribution in [0.5, 0.6) is 5.75 Å². The predicted octanol–water partition coefficient (Wildman–Crippen LogP) is 4.04. The molecule has 0 spiro atoms. The highest BCUT2D eigenvalue weighted by atomic mass is 19.4. The maximum Gasteiger partial charge on any atom is 0.418 e. The van der Waals surface area contributed by atoms with E-state index in [1.54, 1.807) is 18.9 Å². The number of nitrogens with one attached hydrogen (secondary N) is 1. The van der Waals surface area contributed by atoms with Crippen LogP contribution in [0.3, 0.4) is 0 Å². The molecule has 1 amide bonds. The highest BCUT2D eigenvalue weighted by Gasteiger charge is 2.34. The van der Waals surface area contributed by atoms with Crippen molar-refractivity contribution < 1.29 is 22.7 Å². The van der Waals surface area contributed by atoms with Crippen LogP contribution in [0.4, 0.5) is 18.9 Å². The van der Waals surface area contributed by atoms with Gasteiger partial charge in [-0.25, -0.2) is 0 Å². The van der Waals surface area contributed by atoms with Crippen LogP contribution in [0, 0.1) is 0 Å². The van der Waals surface area contributed by atoms with Crippen LogP contribution in [0.1, 0.15) is 12.5 Å². The first kappa shape index (κ1) is 19.8. The van der Waals surface area contributed by atoms with Crippen LogP contribution in [0.15, 0.2) is 54.6 Å². The zero-order chi connectivity index (χ0) is 19.2. The molecule has 0 fully saturated rings. The van der Waals surface area contributed by atoms with Gasteiger partial charge in [-0.2, -0.15) is 13.2 Å². The van der Waals surface area contributed by atoms with Gasteiger partial charge in [0.1, 0.15) is 12.4 Å². The molecule has 0 aliphatic heterocycles. The van der Waals surface area contributed by atoms with Crippen LogP contribution in [0.2, 0.25) is 0 Å². The number of hydrogen-bond acceptors (Lipinski definition) is 3. The first-order valence-electron chi connectivity index (χ1n) is 8.14. The number of rotatable bonds is 7. The predicted molar refractivity (Wildman–Crippen MR) is 94.1 cm³/mol. The third kappa shape index (κ3) is 5.49. The molecule has 1 N–H and O–H groups in total. The molecule has 1 unspecified atom stereocenters. The minimum atomic E-state index is -4.53. The van der Waals surface area contributed by atoms with Crippen LogP contribution in [-0.2, 0) is 11.0 Å². The normalized spacial score (nSPS) is 12.7. The number of amides is 1. The number of anilines is 1. The molecule has 0 aliphatic carbocycles. The summed E-state index contributed by atoms with van der Waals surface area (Å²) in [7, 11) is 1.72. The van der Waals surface area contributed by atoms with Gasteiger partial charge in [0.15, 0.2) is 0 Å². The maximum atomic E-state index is 13.0. The number of likely N-dealkylation sites (N-methyl/N-ethyl adjacent to an activating group) is 1. The van der Waals surface area contributed by atoms with E-state index in [4.69, 9.17) is 4.74 Å². The first-order chi connectivity index (χ1) is 12.3. The molecule has 0 radical (unpaired) electrons. The molecule has 0 saturated carbocycles. The Morgan fingerprint density at radius 2 is 1.73 bits per heavy atom. The molecule has 140 valence electrons. The zero-order valence-corrected chi connectivity index (χ0v) is 14.6. The number of para-hydroxylation sites is 2. The average molecular weight is 366 g/mol. The molecule has 0 bridgehead atoms. The van der Waals surface area contributed by atoms with Crippen molar-refractivity contribution >= 4 is 11.6 Å². The van der Waals surface area contributed by atoms with Gasteiger partial charge in [-0.1, -0.05) is 30.3 Å². The van der Waals surface area contributed by atoms with Crippen molar-refractivity contribution in [2.24, 2.45) is 0 Å². The third-order valence-electron chi connectivity index (χ3n) is 3.99. The van der Waals surface area contributed by atoms with Gasteiger partial charge in [-0.3, -0.25) is 9.69 Å². The second-order valence-electron chi connectivity index (χ2n) is 5.85. The summed E-state index contributed by atoms with van der Waals surface area (Å²) < 4.78 is 44.6. The van der Waals surface area contributed by atoms with Crippen molar-refractivity contribution in [3.05, 3.63) is 60.2 Å². The SMILES string of the molecule is CC(C(=O)Nc1ccccc1C(F)(F)F)N(C)CCOc1ccccc1. The lowest BCUT2D eigenvalue weighted by Crippen LogP contribution is -2.41. The maximum absolute atomic E-state index is 13.0. The van der Waals surface area contributed by atoms with Gasteiger partial charge in [0.05, 0.1) is 17.3 Å². The summed E-state index contributed by atoms with van der Waals surface area (Å²) in [6.45, 7) is 2.44. The summed E-state index contributed by atoms with van der Waals surface area (Å²) in [5.41, 5.74) is -1.11. The fourth-order valence-corrected chi connectivity index (χ4v) is 2.29. The smallest absolute Gasteiger partial charge is 0.418 e. The Morgan fingerprint density at radius 3 is 2.38 bits per heavy atom. The molecule has 2 rings (SSSR count). The van der Waals surface area contributed by atoms with Crippen molar-refractivity contribution in [3.8, 4) is 5.75 Å². The van der Waals surface area contributed by atoms with Gasteiger partial charge in [0.25, 0.3) is 0 Å². The molecule has 4 nitrogen and oxygen atoms in total. The Balaban J connectivity index is 1.91. The van der Waals surface area contributed by atoms with E-state index in [-0.39, 0.29) is 5.69 Å². The molecule has 2 aromatic carbocycles. The summed E-state index contributed by atoms with van der Waals surface area (Å²) in [5, 5.41) is 2.36. The number of carbonyl (C=O) groups is 1. The number of ether oxygens (including phenoxy) is 1. The minimum absolute atomic E-state index is 0.245. The summed E-state index contributed by atoms with van der Waals surface area (Å²) in [4.78, 5) is 14.0. The van der Waals surface area contributed by atoms with Crippen molar-refractivity contribution in [1.29, 1.82) is 0 Å². The lowest BCUT2D eigenvalue weighted by atomic mass is 10.1. The molecule has 0 aliphatic rings. The molecule has 2 aromatic rings. The van der Waals surface area contributed by atoms with Crippen LogP contribution in [-0.4, -0.2) is 37.0 Å². The minimum Gasteiger partial charge on any atom is -0.492 e. The fraction of sp³-hybridized carbons (Fsp3) is 0.316. The largest absolute Gasteiger partial charge is 0.492 e. The Morgan fingerprint density at radius 1 is 1.12 bits per heavy atom. The monoisotopic (exact) mass is 366 g/mol. The number of halogens is 3. The van der Waals surface area contributed by atoms with Crippen LogP contribution >= 0.6 is 0 Å². The van der Waals surface area contributed by atoms with E-state index >= 15 is 0 Å². The number of hydrogen-bond donors (Lipinski definition) is 1. The third-order valence-corrected chi connectivity index (χ3v) is 3.99. The number of benzene rings is 2. The number of nitrogens with zero attached hydrogens (tertiary/aromatic N) is 1. The van der Waals surface area contributed by atoms with Crippen LogP contribution in [0.25, 0.3) is 0 Å². The second-order valence-corrected chi connectivity index (χ2v) is 5.85. The second kappa shape index (κ2) is 8.71. The van der Waals surface area contributed by atoms with E-state index in [1.807, 2.05) is 30.3 Å². The quantitative estimate of drug-likeness (QED) is 0.804. The Labute approximate surface area is 150 Å². The van der Waals surface area contributed by atoms with Gasteiger partial charge < -0.3 is 10.1 Å². The van der Waals surface area contributed by atoms with Gasteiger partial charge in [-0.15, -0.1) is 0 Å². The summed E-state index contributed by atoms with van der Waals surface area (Å²) in [6, 6.07) is 13.5. The van der Waals surface area contributed by atoms with Gasteiger partial charge >= 0.3 is 6.18 Å². The van der Waals surface area contributed by atoms with Crippen molar-refractivity contribution in [2.75, 3.05) is 25.5 Å². The number of carbonyl (C=O) groups excluding carboxylic acids is 1. The standard InChI is InChI=1S/C19H21F3N2O2/c1-14(24(2)12-13-26-15-8-4-3-5-9-15)18(25)23-17-11-7-6-10-16(17)19(20,21)22/h3-11,14H,12-13H2,1-2H3,(H,23,25). The summed E-state index contributed by atoms with van der Waals surface area (Å²) in [6.07, 6.45) is -4.53. The van der Waals surface area contributed by atoms with E-state index < -0.39 is 23.7 Å². The molecular weight excluding hydrogens is 345 g/mol. The molecule has 0 aromatic heterocycles. The van der Waals surface area contributed by atoms with Gasteiger partial charge in [0, 0.05) is 6.54 Å².